The molecule has 0 amide bonds. The molecule has 0 fully saturated rings. The Morgan fingerprint density at radius 2 is 1.30 bits per heavy atom. The minimum Gasteiger partial charge on any atom is -0.458 e. The van der Waals surface area contributed by atoms with E-state index in [2.05, 4.69) is 13.8 Å². The average Bonchev–Trinajstić information content (AvgIpc) is 2.93. The van der Waals surface area contributed by atoms with Crippen LogP contribution in [0.3, 0.4) is 0 Å². The molecule has 0 aromatic heterocycles. The highest BCUT2D eigenvalue weighted by Gasteiger charge is 2.55. The van der Waals surface area contributed by atoms with E-state index < -0.39 is 20.0 Å². The Labute approximate surface area is 253 Å². The second-order valence-electron chi connectivity index (χ2n) is 12.4. The molecule has 0 aliphatic heterocycles. The normalized spacial score (nSPS) is 15.2. The zero-order valence-corrected chi connectivity index (χ0v) is 29.0. The van der Waals surface area contributed by atoms with Gasteiger partial charge >= 0.3 is 20.0 Å². The SMILES string of the molecule is CCCCCCCCCCSC(CCCCCCCCC)C(C)OOC(OCCC)([PH+]=O)C(=O)OCC(C)(C)C. The standard InChI is InChI=1S/C32H63O6PS/c1-8-11-13-15-17-19-21-23-26-40-29(24-22-20-18-16-14-12-9-2)28(4)37-38-32(39-34,36-25-10-3)30(33)35-27-31(5,6)7/h28-29H,8-27H2,1-7H3/p+1. The predicted octanol–water partition coefficient (Wildman–Crippen LogP) is 10.4. The second-order valence-corrected chi connectivity index (χ2v) is 14.6. The summed E-state index contributed by atoms with van der Waals surface area (Å²) < 4.78 is 23.4. The van der Waals surface area contributed by atoms with E-state index >= 15 is 0 Å². The first-order valence-electron chi connectivity index (χ1n) is 16.3. The van der Waals surface area contributed by atoms with E-state index in [4.69, 9.17) is 19.2 Å². The molecule has 0 radical (unpaired) electrons. The van der Waals surface area contributed by atoms with Crippen LogP contribution in [-0.2, 0) is 28.6 Å². The van der Waals surface area contributed by atoms with Gasteiger partial charge in [-0.15, -0.1) is 4.89 Å². The summed E-state index contributed by atoms with van der Waals surface area (Å²) in [5.74, 6) is 0.282. The zero-order chi connectivity index (χ0) is 30.1. The topological polar surface area (TPSA) is 71.1 Å². The maximum Gasteiger partial charge on any atom is 0.497 e. The highest BCUT2D eigenvalue weighted by molar-refractivity contribution is 7.99. The molecule has 4 atom stereocenters. The van der Waals surface area contributed by atoms with Crippen LogP contribution in [0, 0.1) is 5.41 Å². The molecular formula is C32H64O6PS+. The molecule has 0 aromatic carbocycles. The molecule has 0 aliphatic rings. The summed E-state index contributed by atoms with van der Waals surface area (Å²) in [6.07, 6.45) is 20.7. The molecule has 0 aromatic rings. The van der Waals surface area contributed by atoms with Gasteiger partial charge in [-0.1, -0.05) is 136 Å². The Morgan fingerprint density at radius 3 is 1.80 bits per heavy atom. The maximum absolute atomic E-state index is 13.0. The van der Waals surface area contributed by atoms with Crippen molar-refractivity contribution in [1.29, 1.82) is 0 Å². The first-order chi connectivity index (χ1) is 19.2. The summed E-state index contributed by atoms with van der Waals surface area (Å²) in [4.78, 5) is 24.4. The number of ether oxygens (including phenoxy) is 2. The fourth-order valence-corrected chi connectivity index (χ4v) is 5.98. The molecule has 6 nitrogen and oxygen atoms in total. The van der Waals surface area contributed by atoms with Crippen molar-refractivity contribution in [2.45, 2.75) is 175 Å². The van der Waals surface area contributed by atoms with Gasteiger partial charge in [0.25, 0.3) is 0 Å². The molecule has 40 heavy (non-hydrogen) atoms. The van der Waals surface area contributed by atoms with Gasteiger partial charge in [0, 0.05) is 5.25 Å². The monoisotopic (exact) mass is 607 g/mol. The van der Waals surface area contributed by atoms with Crippen molar-refractivity contribution >= 4 is 26.2 Å². The minimum absolute atomic E-state index is 0.168. The Bertz CT molecular complexity index is 615. The van der Waals surface area contributed by atoms with Crippen LogP contribution in [0.4, 0.5) is 0 Å². The number of hydrogen-bond acceptors (Lipinski definition) is 7. The van der Waals surface area contributed by atoms with Gasteiger partial charge in [-0.25, -0.2) is 9.68 Å². The molecule has 0 rings (SSSR count). The lowest BCUT2D eigenvalue weighted by molar-refractivity contribution is -0.403. The van der Waals surface area contributed by atoms with Gasteiger partial charge in [0.15, 0.2) is 0 Å². The fraction of sp³-hybridized carbons (Fsp3) is 0.969. The van der Waals surface area contributed by atoms with Gasteiger partial charge in [-0.3, -0.25) is 4.74 Å². The lowest BCUT2D eigenvalue weighted by atomic mass is 9.99. The van der Waals surface area contributed by atoms with Crippen LogP contribution >= 0.6 is 20.2 Å². The highest BCUT2D eigenvalue weighted by Crippen LogP contribution is 2.33. The van der Waals surface area contributed by atoms with E-state index in [1.165, 1.54) is 89.9 Å². The van der Waals surface area contributed by atoms with Crippen molar-refractivity contribution in [1.82, 2.24) is 0 Å². The summed E-state index contributed by atoms with van der Waals surface area (Å²) in [5.41, 5.74) is -2.29. The van der Waals surface area contributed by atoms with Crippen LogP contribution in [0.5, 0.6) is 0 Å². The van der Waals surface area contributed by atoms with Crippen LogP contribution in [0.15, 0.2) is 0 Å². The van der Waals surface area contributed by atoms with Gasteiger partial charge < -0.3 is 4.74 Å². The van der Waals surface area contributed by atoms with Crippen LogP contribution in [0.1, 0.15) is 158 Å². The lowest BCUT2D eigenvalue weighted by Crippen LogP contribution is -2.43. The third kappa shape index (κ3) is 20.6. The Morgan fingerprint density at radius 1 is 0.775 bits per heavy atom. The third-order valence-electron chi connectivity index (χ3n) is 6.81. The van der Waals surface area contributed by atoms with Crippen molar-refractivity contribution in [3.63, 3.8) is 0 Å². The van der Waals surface area contributed by atoms with Gasteiger partial charge in [0.2, 0.25) is 0 Å². The number of unbranched alkanes of at least 4 members (excludes halogenated alkanes) is 13. The summed E-state index contributed by atoms with van der Waals surface area (Å²) in [6, 6.07) is 0. The Kier molecular flexibility index (Phi) is 25.2. The van der Waals surface area contributed by atoms with Crippen LogP contribution < -0.4 is 0 Å². The van der Waals surface area contributed by atoms with Gasteiger partial charge in [-0.05, 0) is 37.4 Å². The molecule has 0 saturated carbocycles. The van der Waals surface area contributed by atoms with E-state index in [1.54, 1.807) is 0 Å². The summed E-state index contributed by atoms with van der Waals surface area (Å²) in [6.45, 7) is 14.7. The van der Waals surface area contributed by atoms with E-state index in [0.717, 1.165) is 18.6 Å². The largest absolute Gasteiger partial charge is 0.497 e. The number of carbonyl (C=O) groups excluding carboxylic acids is 1. The predicted molar refractivity (Wildman–Crippen MR) is 171 cm³/mol. The minimum atomic E-state index is -2.05. The van der Waals surface area contributed by atoms with Crippen molar-refractivity contribution in [2.75, 3.05) is 19.0 Å². The van der Waals surface area contributed by atoms with Crippen LogP contribution in [0.25, 0.3) is 0 Å². The summed E-state index contributed by atoms with van der Waals surface area (Å²) >= 11 is 1.93. The van der Waals surface area contributed by atoms with Gasteiger partial charge in [-0.2, -0.15) is 11.8 Å². The number of carbonyl (C=O) groups is 1. The number of rotatable bonds is 28. The zero-order valence-electron chi connectivity index (χ0n) is 27.2. The Balaban J connectivity index is 5.02. The van der Waals surface area contributed by atoms with Crippen molar-refractivity contribution in [3.8, 4) is 0 Å². The molecule has 0 N–H and O–H groups in total. The third-order valence-corrected chi connectivity index (χ3v) is 9.08. The lowest BCUT2D eigenvalue weighted by Gasteiger charge is -2.26. The molecule has 0 heterocycles. The molecule has 4 unspecified atom stereocenters. The van der Waals surface area contributed by atoms with Crippen LogP contribution in [-0.4, -0.2) is 41.8 Å². The van der Waals surface area contributed by atoms with E-state index in [-0.39, 0.29) is 30.0 Å². The Hall–Kier alpha value is -0.200. The molecule has 0 saturated heterocycles. The first-order valence-corrected chi connectivity index (χ1v) is 18.3. The molecule has 0 bridgehead atoms. The van der Waals surface area contributed by atoms with Crippen molar-refractivity contribution in [2.24, 2.45) is 5.41 Å². The van der Waals surface area contributed by atoms with Crippen molar-refractivity contribution in [3.05, 3.63) is 0 Å². The van der Waals surface area contributed by atoms with Crippen LogP contribution in [0.2, 0.25) is 0 Å². The molecule has 0 spiro atoms. The quantitative estimate of drug-likeness (QED) is 0.0219. The molecule has 8 heteroatoms. The fourth-order valence-electron chi connectivity index (χ4n) is 4.26. The average molecular weight is 608 g/mol. The molecule has 0 aliphatic carbocycles. The highest BCUT2D eigenvalue weighted by atomic mass is 32.2. The van der Waals surface area contributed by atoms with Gasteiger partial charge in [0.05, 0.1) is 13.2 Å². The van der Waals surface area contributed by atoms with E-state index in [0.29, 0.717) is 6.42 Å². The molecular weight excluding hydrogens is 543 g/mol. The maximum atomic E-state index is 13.0. The first kappa shape index (κ1) is 39.8. The number of thioether (sulfide) groups is 1. The summed E-state index contributed by atoms with van der Waals surface area (Å²) in [5, 5.41) is 0.227. The van der Waals surface area contributed by atoms with Gasteiger partial charge in [0.1, 0.15) is 6.10 Å². The van der Waals surface area contributed by atoms with Crippen molar-refractivity contribution < 1.29 is 28.6 Å². The smallest absolute Gasteiger partial charge is 0.458 e. The van der Waals surface area contributed by atoms with E-state index in [9.17, 15) is 9.36 Å². The second kappa shape index (κ2) is 25.3. The number of esters is 1. The number of hydrogen-bond donors (Lipinski definition) is 0. The molecule has 238 valence electrons. The van der Waals surface area contributed by atoms with E-state index in [1.807, 2.05) is 46.4 Å². The summed E-state index contributed by atoms with van der Waals surface area (Å²) in [7, 11) is -1.20.